The summed E-state index contributed by atoms with van der Waals surface area (Å²) in [5.41, 5.74) is 1.58. The first-order valence-electron chi connectivity index (χ1n) is 8.86. The van der Waals surface area contributed by atoms with Gasteiger partial charge in [0.15, 0.2) is 5.69 Å². The summed E-state index contributed by atoms with van der Waals surface area (Å²) in [6, 6.07) is 5.48. The van der Waals surface area contributed by atoms with E-state index in [9.17, 15) is 4.21 Å². The van der Waals surface area contributed by atoms with Crippen molar-refractivity contribution in [3.8, 4) is 23.5 Å². The highest BCUT2D eigenvalue weighted by atomic mass is 32.2. The van der Waals surface area contributed by atoms with Crippen molar-refractivity contribution in [2.75, 3.05) is 18.9 Å². The molecule has 0 spiro atoms. The Morgan fingerprint density at radius 2 is 1.87 bits per heavy atom. The van der Waals surface area contributed by atoms with Crippen LogP contribution >= 0.6 is 0 Å². The maximum Gasteiger partial charge on any atom is 0.245 e. The number of methoxy groups -OCH3 is 2. The minimum Gasteiger partial charge on any atom is -0.479 e. The highest BCUT2D eigenvalue weighted by Crippen LogP contribution is 2.30. The lowest BCUT2D eigenvalue weighted by Gasteiger charge is -2.20. The molecule has 3 heterocycles. The summed E-state index contributed by atoms with van der Waals surface area (Å²) < 4.78 is 28.0. The summed E-state index contributed by atoms with van der Waals surface area (Å²) in [7, 11) is 1.40. The van der Waals surface area contributed by atoms with Crippen molar-refractivity contribution >= 4 is 16.9 Å². The second kappa shape index (κ2) is 9.27. The lowest BCUT2D eigenvalue weighted by atomic mass is 10.0. The van der Waals surface area contributed by atoms with Gasteiger partial charge >= 0.3 is 0 Å². The van der Waals surface area contributed by atoms with E-state index in [1.165, 1.54) is 37.6 Å². The summed E-state index contributed by atoms with van der Waals surface area (Å²) >= 11 is 0. The molecule has 0 saturated heterocycles. The first-order valence-corrected chi connectivity index (χ1v) is 10.1. The van der Waals surface area contributed by atoms with Crippen LogP contribution in [0.2, 0.25) is 0 Å². The Labute approximate surface area is 175 Å². The molecule has 3 aromatic heterocycles. The third-order valence-corrected chi connectivity index (χ3v) is 6.01. The van der Waals surface area contributed by atoms with Crippen molar-refractivity contribution in [1.29, 1.82) is 5.26 Å². The molecule has 0 bridgehead atoms. The molecule has 11 nitrogen and oxygen atoms in total. The van der Waals surface area contributed by atoms with Gasteiger partial charge in [0.05, 0.1) is 25.0 Å². The summed E-state index contributed by atoms with van der Waals surface area (Å²) in [6.45, 7) is 3.75. The van der Waals surface area contributed by atoms with E-state index in [-0.39, 0.29) is 28.9 Å². The molecule has 3 aromatic rings. The second-order valence-electron chi connectivity index (χ2n) is 6.24. The van der Waals surface area contributed by atoms with E-state index < -0.39 is 11.0 Å². The second-order valence-corrected chi connectivity index (χ2v) is 7.78. The van der Waals surface area contributed by atoms with Gasteiger partial charge in [-0.25, -0.2) is 4.21 Å². The molecule has 0 radical (unpaired) electrons. The fourth-order valence-corrected chi connectivity index (χ4v) is 3.69. The van der Waals surface area contributed by atoms with Crippen LogP contribution in [0.15, 0.2) is 31.0 Å². The molecule has 0 aromatic carbocycles. The molecule has 12 heteroatoms. The standard InChI is InChI=1S/C18H20N8O3S/c1-11(14-6-5-13(7-19)8-20-14)12(2)30(27)25-18-24-23-10-26(18)15-16(28-3)21-9-22-17(15)29-4/h5-6,8-12H,1-4H3,(H,24,25). The zero-order chi connectivity index (χ0) is 21.7. The topological polar surface area (TPSA) is 141 Å². The van der Waals surface area contributed by atoms with Crippen LogP contribution in [-0.2, 0) is 11.0 Å². The van der Waals surface area contributed by atoms with Crippen LogP contribution in [0.3, 0.4) is 0 Å². The Kier molecular flexibility index (Phi) is 6.53. The SMILES string of the molecule is COc1ncnc(OC)c1-n1cnnc1NS(=O)C(C)C(C)c1ccc(C#N)cn1. The van der Waals surface area contributed by atoms with Gasteiger partial charge in [-0.15, -0.1) is 10.2 Å². The lowest BCUT2D eigenvalue weighted by molar-refractivity contribution is 0.368. The number of hydrogen-bond acceptors (Lipinski definition) is 9. The highest BCUT2D eigenvalue weighted by Gasteiger charge is 2.25. The molecule has 3 unspecified atom stereocenters. The van der Waals surface area contributed by atoms with E-state index in [0.29, 0.717) is 11.3 Å². The molecule has 0 fully saturated rings. The zero-order valence-corrected chi connectivity index (χ0v) is 17.6. The first kappa shape index (κ1) is 21.1. The number of nitrogens with one attached hydrogen (secondary N) is 1. The predicted molar refractivity (Wildman–Crippen MR) is 109 cm³/mol. The van der Waals surface area contributed by atoms with Crippen LogP contribution in [-0.4, -0.2) is 53.4 Å². The fraction of sp³-hybridized carbons (Fsp3) is 0.333. The van der Waals surface area contributed by atoms with Crippen molar-refractivity contribution in [3.63, 3.8) is 0 Å². The van der Waals surface area contributed by atoms with Crippen LogP contribution in [0.1, 0.15) is 31.0 Å². The van der Waals surface area contributed by atoms with Crippen LogP contribution in [0.5, 0.6) is 11.8 Å². The summed E-state index contributed by atoms with van der Waals surface area (Å²) in [5.74, 6) is 0.565. The number of nitrogens with zero attached hydrogens (tertiary/aromatic N) is 7. The average molecular weight is 428 g/mol. The molecule has 0 amide bonds. The molecule has 0 aliphatic heterocycles. The van der Waals surface area contributed by atoms with Gasteiger partial charge in [0.2, 0.25) is 17.7 Å². The molecule has 0 aliphatic carbocycles. The maximum absolute atomic E-state index is 13.0. The number of nitriles is 1. The largest absolute Gasteiger partial charge is 0.479 e. The van der Waals surface area contributed by atoms with Gasteiger partial charge in [-0.2, -0.15) is 15.2 Å². The zero-order valence-electron chi connectivity index (χ0n) is 16.8. The van der Waals surface area contributed by atoms with Crippen LogP contribution in [0.4, 0.5) is 5.95 Å². The molecule has 1 N–H and O–H groups in total. The molecule has 156 valence electrons. The Balaban J connectivity index is 1.84. The Hall–Kier alpha value is -3.59. The number of aromatic nitrogens is 6. The molecule has 30 heavy (non-hydrogen) atoms. The molecule has 3 atom stereocenters. The number of ether oxygens (including phenoxy) is 2. The Morgan fingerprint density at radius 1 is 1.17 bits per heavy atom. The third kappa shape index (κ3) is 4.20. The number of hydrogen-bond donors (Lipinski definition) is 1. The quantitative estimate of drug-likeness (QED) is 0.566. The van der Waals surface area contributed by atoms with Gasteiger partial charge in [-0.3, -0.25) is 14.3 Å². The van der Waals surface area contributed by atoms with E-state index in [1.54, 1.807) is 12.1 Å². The third-order valence-electron chi connectivity index (χ3n) is 4.55. The van der Waals surface area contributed by atoms with E-state index >= 15 is 0 Å². The van der Waals surface area contributed by atoms with Gasteiger partial charge in [-0.05, 0) is 19.1 Å². The van der Waals surface area contributed by atoms with Crippen molar-refractivity contribution < 1.29 is 13.7 Å². The van der Waals surface area contributed by atoms with Gasteiger partial charge < -0.3 is 9.47 Å². The maximum atomic E-state index is 13.0. The first-order chi connectivity index (χ1) is 14.5. The Bertz CT molecular complexity index is 1060. The molecular formula is C18H20N8O3S. The fourth-order valence-electron chi connectivity index (χ4n) is 2.67. The van der Waals surface area contributed by atoms with E-state index in [1.807, 2.05) is 19.9 Å². The van der Waals surface area contributed by atoms with Gasteiger partial charge in [0.1, 0.15) is 29.7 Å². The smallest absolute Gasteiger partial charge is 0.245 e. The molecule has 0 saturated carbocycles. The lowest BCUT2D eigenvalue weighted by Crippen LogP contribution is -2.25. The van der Waals surface area contributed by atoms with Crippen molar-refractivity contribution in [1.82, 2.24) is 29.7 Å². The minimum absolute atomic E-state index is 0.147. The summed E-state index contributed by atoms with van der Waals surface area (Å²) in [4.78, 5) is 12.4. The van der Waals surface area contributed by atoms with Crippen molar-refractivity contribution in [3.05, 3.63) is 42.2 Å². The number of anilines is 1. The predicted octanol–water partition coefficient (Wildman–Crippen LogP) is 1.61. The van der Waals surface area contributed by atoms with Crippen LogP contribution in [0.25, 0.3) is 5.69 Å². The van der Waals surface area contributed by atoms with E-state index in [4.69, 9.17) is 14.7 Å². The number of rotatable bonds is 8. The minimum atomic E-state index is -1.53. The van der Waals surface area contributed by atoms with Gasteiger partial charge in [-0.1, -0.05) is 6.92 Å². The molecule has 3 rings (SSSR count). The summed E-state index contributed by atoms with van der Waals surface area (Å²) in [6.07, 6.45) is 4.23. The van der Waals surface area contributed by atoms with Crippen LogP contribution < -0.4 is 14.2 Å². The normalized spacial score (nSPS) is 13.7. The number of pyridine rings is 1. The van der Waals surface area contributed by atoms with Gasteiger partial charge in [0, 0.05) is 17.8 Å². The van der Waals surface area contributed by atoms with Crippen molar-refractivity contribution in [2.45, 2.75) is 25.0 Å². The monoisotopic (exact) mass is 428 g/mol. The highest BCUT2D eigenvalue weighted by molar-refractivity contribution is 7.87. The van der Waals surface area contributed by atoms with E-state index in [0.717, 1.165) is 5.69 Å². The summed E-state index contributed by atoms with van der Waals surface area (Å²) in [5, 5.41) is 16.5. The van der Waals surface area contributed by atoms with Gasteiger partial charge in [0.25, 0.3) is 0 Å². The molecule has 0 aliphatic rings. The Morgan fingerprint density at radius 3 is 2.43 bits per heavy atom. The van der Waals surface area contributed by atoms with Crippen molar-refractivity contribution in [2.24, 2.45) is 0 Å². The molecular weight excluding hydrogens is 408 g/mol. The van der Waals surface area contributed by atoms with Crippen LogP contribution in [0, 0.1) is 11.3 Å². The average Bonchev–Trinajstić information content (AvgIpc) is 3.24. The van der Waals surface area contributed by atoms with E-state index in [2.05, 4.69) is 29.9 Å².